The van der Waals surface area contributed by atoms with E-state index in [2.05, 4.69) is 0 Å². The van der Waals surface area contributed by atoms with Crippen LogP contribution >= 0.6 is 0 Å². The lowest BCUT2D eigenvalue weighted by molar-refractivity contribution is 0.0693. The predicted octanol–water partition coefficient (Wildman–Crippen LogP) is 2.56. The zero-order valence-corrected chi connectivity index (χ0v) is 11.7. The molecular weight excluding hydrogens is 270 g/mol. The van der Waals surface area contributed by atoms with Crippen LogP contribution in [0.15, 0.2) is 41.3 Å². The summed E-state index contributed by atoms with van der Waals surface area (Å²) >= 11 is 0. The van der Waals surface area contributed by atoms with E-state index < -0.39 is 11.4 Å². The predicted molar refractivity (Wildman–Crippen MR) is 77.9 cm³/mol. The summed E-state index contributed by atoms with van der Waals surface area (Å²) in [6, 6.07) is 8.74. The molecule has 5 nitrogen and oxygen atoms in total. The number of para-hydroxylation sites is 1. The third kappa shape index (κ3) is 2.11. The van der Waals surface area contributed by atoms with Crippen molar-refractivity contribution in [2.75, 3.05) is 0 Å². The monoisotopic (exact) mass is 285 g/mol. The lowest BCUT2D eigenvalue weighted by atomic mass is 10.1. The van der Waals surface area contributed by atoms with Gasteiger partial charge in [0, 0.05) is 17.8 Å². The molecule has 0 spiro atoms. The molecule has 0 saturated heterocycles. The van der Waals surface area contributed by atoms with Crippen LogP contribution in [0.25, 0.3) is 11.3 Å². The summed E-state index contributed by atoms with van der Waals surface area (Å²) in [5, 5.41) is 9.14. The molecule has 108 valence electrons. The van der Waals surface area contributed by atoms with E-state index in [-0.39, 0.29) is 17.7 Å². The summed E-state index contributed by atoms with van der Waals surface area (Å²) in [7, 11) is 0. The molecular formula is C16H15NO4. The quantitative estimate of drug-likeness (QED) is 0.874. The second-order valence-electron chi connectivity index (χ2n) is 5.21. The molecule has 1 unspecified atom stereocenters. The minimum Gasteiger partial charge on any atom is -0.488 e. The standard InChI is InChI=1S/C16H15NO4/c1-9-10(2)21-15-6-4-3-5-11(15)13-7-14(18)12(16(19)20)8-17(9)13/h3-10H,1-2H3,(H,19,20)/t9-,10?/m1/s1. The Morgan fingerprint density at radius 1 is 1.29 bits per heavy atom. The summed E-state index contributed by atoms with van der Waals surface area (Å²) in [6.07, 6.45) is 1.27. The fourth-order valence-corrected chi connectivity index (χ4v) is 2.57. The topological polar surface area (TPSA) is 68.5 Å². The number of hydrogen-bond donors (Lipinski definition) is 1. The third-order valence-corrected chi connectivity index (χ3v) is 3.90. The van der Waals surface area contributed by atoms with Gasteiger partial charge in [0.2, 0.25) is 0 Å². The molecule has 0 amide bonds. The van der Waals surface area contributed by atoms with Gasteiger partial charge < -0.3 is 14.4 Å². The number of carbonyl (C=O) groups is 1. The Morgan fingerprint density at radius 2 is 2.00 bits per heavy atom. The molecule has 1 aromatic heterocycles. The highest BCUT2D eigenvalue weighted by Gasteiger charge is 2.26. The van der Waals surface area contributed by atoms with Gasteiger partial charge in [0.1, 0.15) is 17.4 Å². The Morgan fingerprint density at radius 3 is 2.71 bits per heavy atom. The van der Waals surface area contributed by atoms with Gasteiger partial charge in [0.05, 0.1) is 11.7 Å². The van der Waals surface area contributed by atoms with Gasteiger partial charge in [-0.15, -0.1) is 0 Å². The van der Waals surface area contributed by atoms with Crippen LogP contribution in [0.2, 0.25) is 0 Å². The molecule has 2 aromatic rings. The number of benzene rings is 1. The number of aromatic carboxylic acids is 1. The lowest BCUT2D eigenvalue weighted by Gasteiger charge is -2.22. The first-order valence-electron chi connectivity index (χ1n) is 6.74. The van der Waals surface area contributed by atoms with E-state index >= 15 is 0 Å². The Hall–Kier alpha value is -2.56. The maximum atomic E-state index is 12.0. The summed E-state index contributed by atoms with van der Waals surface area (Å²) < 4.78 is 7.73. The summed E-state index contributed by atoms with van der Waals surface area (Å²) in [5.41, 5.74) is 0.752. The fraction of sp³-hybridized carbons (Fsp3) is 0.250. The Bertz CT molecular complexity index is 778. The average Bonchev–Trinajstić information content (AvgIpc) is 2.55. The van der Waals surface area contributed by atoms with Crippen molar-refractivity contribution in [2.24, 2.45) is 0 Å². The second-order valence-corrected chi connectivity index (χ2v) is 5.21. The Balaban J connectivity index is 2.35. The maximum absolute atomic E-state index is 12.0. The highest BCUT2D eigenvalue weighted by Crippen LogP contribution is 2.36. The largest absolute Gasteiger partial charge is 0.488 e. The van der Waals surface area contributed by atoms with E-state index in [9.17, 15) is 9.59 Å². The van der Waals surface area contributed by atoms with Crippen molar-refractivity contribution in [3.63, 3.8) is 0 Å². The van der Waals surface area contributed by atoms with Crippen molar-refractivity contribution in [3.05, 3.63) is 52.3 Å². The van der Waals surface area contributed by atoms with E-state index in [0.29, 0.717) is 11.4 Å². The molecule has 0 radical (unpaired) electrons. The van der Waals surface area contributed by atoms with Crippen LogP contribution in [0, 0.1) is 0 Å². The van der Waals surface area contributed by atoms with E-state index in [4.69, 9.17) is 9.84 Å². The minimum absolute atomic E-state index is 0.0916. The number of nitrogens with zero attached hydrogens (tertiary/aromatic N) is 1. The molecule has 0 saturated carbocycles. The van der Waals surface area contributed by atoms with Gasteiger partial charge >= 0.3 is 5.97 Å². The SMILES string of the molecule is CC1Oc2ccccc2-c2cc(=O)c(C(=O)O)cn2[C@@H]1C. The molecule has 1 aliphatic heterocycles. The second kappa shape index (κ2) is 4.77. The van der Waals surface area contributed by atoms with Gasteiger partial charge in [0.15, 0.2) is 5.43 Å². The first-order chi connectivity index (χ1) is 9.99. The van der Waals surface area contributed by atoms with Gasteiger partial charge in [-0.3, -0.25) is 4.79 Å². The molecule has 3 rings (SSSR count). The zero-order chi connectivity index (χ0) is 15.1. The molecule has 1 N–H and O–H groups in total. The van der Waals surface area contributed by atoms with Crippen LogP contribution in [-0.4, -0.2) is 21.7 Å². The molecule has 2 atom stereocenters. The normalized spacial score (nSPS) is 19.9. The average molecular weight is 285 g/mol. The molecule has 2 heterocycles. The Kier molecular flexibility index (Phi) is 3.05. The molecule has 1 aromatic carbocycles. The summed E-state index contributed by atoms with van der Waals surface area (Å²) in [6.45, 7) is 3.87. The van der Waals surface area contributed by atoms with Crippen molar-refractivity contribution in [3.8, 4) is 17.0 Å². The van der Waals surface area contributed by atoms with Crippen molar-refractivity contribution in [1.29, 1.82) is 0 Å². The number of carboxylic acids is 1. The zero-order valence-electron chi connectivity index (χ0n) is 11.7. The van der Waals surface area contributed by atoms with Crippen molar-refractivity contribution in [1.82, 2.24) is 4.57 Å². The molecule has 0 bridgehead atoms. The number of rotatable bonds is 1. The van der Waals surface area contributed by atoms with Gasteiger partial charge in [-0.25, -0.2) is 4.79 Å². The smallest absolute Gasteiger partial charge is 0.341 e. The van der Waals surface area contributed by atoms with Gasteiger partial charge in [-0.2, -0.15) is 0 Å². The van der Waals surface area contributed by atoms with Crippen LogP contribution in [0.3, 0.4) is 0 Å². The number of pyridine rings is 1. The highest BCUT2D eigenvalue weighted by atomic mass is 16.5. The van der Waals surface area contributed by atoms with E-state index in [1.807, 2.05) is 38.1 Å². The van der Waals surface area contributed by atoms with E-state index in [1.165, 1.54) is 12.3 Å². The van der Waals surface area contributed by atoms with Crippen LogP contribution in [0.4, 0.5) is 0 Å². The molecule has 5 heteroatoms. The first-order valence-corrected chi connectivity index (χ1v) is 6.74. The first kappa shape index (κ1) is 13.4. The van der Waals surface area contributed by atoms with Gasteiger partial charge in [0.25, 0.3) is 0 Å². The van der Waals surface area contributed by atoms with Crippen LogP contribution in [-0.2, 0) is 0 Å². The third-order valence-electron chi connectivity index (χ3n) is 3.90. The number of hydrogen-bond acceptors (Lipinski definition) is 3. The molecule has 0 aliphatic carbocycles. The van der Waals surface area contributed by atoms with E-state index in [0.717, 1.165) is 5.56 Å². The van der Waals surface area contributed by atoms with Crippen LogP contribution in [0.5, 0.6) is 5.75 Å². The van der Waals surface area contributed by atoms with E-state index in [1.54, 1.807) is 4.57 Å². The lowest BCUT2D eigenvalue weighted by Crippen LogP contribution is -2.26. The maximum Gasteiger partial charge on any atom is 0.341 e. The minimum atomic E-state index is -1.21. The summed E-state index contributed by atoms with van der Waals surface area (Å²) in [5.74, 6) is -0.515. The number of fused-ring (bicyclic) bond motifs is 3. The van der Waals surface area contributed by atoms with Crippen molar-refractivity contribution >= 4 is 5.97 Å². The molecule has 0 fully saturated rings. The molecule has 1 aliphatic rings. The number of carboxylic acid groups (broad SMARTS) is 1. The molecule has 21 heavy (non-hydrogen) atoms. The van der Waals surface area contributed by atoms with Crippen molar-refractivity contribution in [2.45, 2.75) is 26.0 Å². The Labute approximate surface area is 121 Å². The van der Waals surface area contributed by atoms with Crippen molar-refractivity contribution < 1.29 is 14.6 Å². The number of aromatic nitrogens is 1. The number of ether oxygens (including phenoxy) is 1. The van der Waals surface area contributed by atoms with Gasteiger partial charge in [-0.05, 0) is 26.0 Å². The highest BCUT2D eigenvalue weighted by molar-refractivity contribution is 5.87. The fourth-order valence-electron chi connectivity index (χ4n) is 2.57. The van der Waals surface area contributed by atoms with Crippen LogP contribution in [0.1, 0.15) is 30.2 Å². The van der Waals surface area contributed by atoms with Crippen LogP contribution < -0.4 is 10.2 Å². The summed E-state index contributed by atoms with van der Waals surface area (Å²) in [4.78, 5) is 23.2. The van der Waals surface area contributed by atoms with Gasteiger partial charge in [-0.1, -0.05) is 12.1 Å².